The number of ether oxygens (including phenoxy) is 2. The van der Waals surface area contributed by atoms with E-state index in [1.807, 2.05) is 0 Å². The van der Waals surface area contributed by atoms with Crippen LogP contribution in [0, 0.1) is 50.2 Å². The lowest BCUT2D eigenvalue weighted by Crippen LogP contribution is -2.67. The van der Waals surface area contributed by atoms with Crippen molar-refractivity contribution >= 4 is 0 Å². The van der Waals surface area contributed by atoms with Crippen LogP contribution in [0.3, 0.4) is 0 Å². The van der Waals surface area contributed by atoms with Crippen LogP contribution in [0.2, 0.25) is 0 Å². The summed E-state index contributed by atoms with van der Waals surface area (Å²) < 4.78 is 12.2. The Morgan fingerprint density at radius 1 is 0.818 bits per heavy atom. The van der Waals surface area contributed by atoms with Gasteiger partial charge < -0.3 is 40.1 Å². The van der Waals surface area contributed by atoms with E-state index in [0.29, 0.717) is 18.3 Å². The number of allylic oxidation sites excluding steroid dienone is 2. The Morgan fingerprint density at radius 2 is 1.52 bits per heavy atom. The third-order valence-electron chi connectivity index (χ3n) is 15.3. The van der Waals surface area contributed by atoms with Crippen LogP contribution in [0.15, 0.2) is 11.6 Å². The van der Waals surface area contributed by atoms with E-state index in [1.165, 1.54) is 5.57 Å². The molecule has 8 nitrogen and oxygen atoms in total. The highest BCUT2D eigenvalue weighted by molar-refractivity contribution is 5.35. The maximum atomic E-state index is 11.9. The average Bonchev–Trinajstić information content (AvgIpc) is 2.95. The zero-order valence-electron chi connectivity index (χ0n) is 28.1. The lowest BCUT2D eigenvalue weighted by Gasteiger charge is -2.72. The number of aliphatic hydroxyl groups excluding tert-OH is 6. The summed E-state index contributed by atoms with van der Waals surface area (Å²) in [5, 5.41) is 63.7. The predicted octanol–water partition coefficient (Wildman–Crippen LogP) is 3.94. The number of aliphatic hydroxyl groups is 6. The second-order valence-corrected chi connectivity index (χ2v) is 18.0. The molecule has 6 aliphatic rings. The third kappa shape index (κ3) is 4.44. The van der Waals surface area contributed by atoms with Gasteiger partial charge in [-0.3, -0.25) is 0 Å². The first-order chi connectivity index (χ1) is 20.4. The highest BCUT2D eigenvalue weighted by atomic mass is 16.7. The first-order valence-corrected chi connectivity index (χ1v) is 17.4. The summed E-state index contributed by atoms with van der Waals surface area (Å²) in [7, 11) is 0. The lowest BCUT2D eigenvalue weighted by atomic mass is 9.33. The van der Waals surface area contributed by atoms with Crippen molar-refractivity contribution in [3.63, 3.8) is 0 Å². The van der Waals surface area contributed by atoms with E-state index < -0.39 is 48.8 Å². The van der Waals surface area contributed by atoms with Crippen molar-refractivity contribution in [2.75, 3.05) is 13.2 Å². The van der Waals surface area contributed by atoms with Crippen molar-refractivity contribution in [1.29, 1.82) is 0 Å². The highest BCUT2D eigenvalue weighted by Crippen LogP contribution is 2.75. The van der Waals surface area contributed by atoms with Crippen LogP contribution in [0.1, 0.15) is 106 Å². The monoisotopic (exact) mass is 620 g/mol. The van der Waals surface area contributed by atoms with Crippen LogP contribution in [0.25, 0.3) is 0 Å². The second-order valence-electron chi connectivity index (χ2n) is 18.0. The van der Waals surface area contributed by atoms with Crippen molar-refractivity contribution in [3.05, 3.63) is 11.6 Å². The summed E-state index contributed by atoms with van der Waals surface area (Å²) >= 11 is 0. The first kappa shape index (κ1) is 33.3. The number of fused-ring (bicyclic) bond motifs is 7. The fourth-order valence-electron chi connectivity index (χ4n) is 12.3. The van der Waals surface area contributed by atoms with Crippen LogP contribution < -0.4 is 0 Å². The fourth-order valence-corrected chi connectivity index (χ4v) is 12.3. The molecule has 14 atom stereocenters. The fraction of sp³-hybridized carbons (Fsp3) is 0.944. The van der Waals surface area contributed by atoms with Gasteiger partial charge in [-0.1, -0.05) is 60.1 Å². The molecule has 44 heavy (non-hydrogen) atoms. The molecule has 1 unspecified atom stereocenters. The third-order valence-corrected chi connectivity index (χ3v) is 15.3. The van der Waals surface area contributed by atoms with Gasteiger partial charge in [-0.25, -0.2) is 0 Å². The summed E-state index contributed by atoms with van der Waals surface area (Å²) in [5.74, 6) is 0.988. The Balaban J connectivity index is 1.30. The molecule has 0 spiro atoms. The van der Waals surface area contributed by atoms with Crippen molar-refractivity contribution in [3.8, 4) is 0 Å². The molecule has 6 rings (SSSR count). The molecule has 5 aliphatic carbocycles. The second kappa shape index (κ2) is 10.7. The first-order valence-electron chi connectivity index (χ1n) is 17.4. The molecule has 6 N–H and O–H groups in total. The van der Waals surface area contributed by atoms with Crippen molar-refractivity contribution in [2.45, 2.75) is 149 Å². The predicted molar refractivity (Wildman–Crippen MR) is 166 cm³/mol. The summed E-state index contributed by atoms with van der Waals surface area (Å²) in [4.78, 5) is 0. The molecule has 4 saturated carbocycles. The molecule has 0 amide bonds. The Labute approximate surface area is 264 Å². The minimum absolute atomic E-state index is 0.00750. The normalized spacial score (nSPS) is 54.7. The van der Waals surface area contributed by atoms with Gasteiger partial charge in [-0.05, 0) is 103 Å². The van der Waals surface area contributed by atoms with Gasteiger partial charge in [0.05, 0.1) is 25.4 Å². The smallest absolute Gasteiger partial charge is 0.186 e. The van der Waals surface area contributed by atoms with Crippen LogP contribution in [-0.2, 0) is 9.47 Å². The van der Waals surface area contributed by atoms with Gasteiger partial charge in [0.1, 0.15) is 24.4 Å². The Kier molecular flexibility index (Phi) is 8.11. The minimum atomic E-state index is -1.45. The Morgan fingerprint density at radius 3 is 2.18 bits per heavy atom. The zero-order chi connectivity index (χ0) is 32.3. The summed E-state index contributed by atoms with van der Waals surface area (Å²) in [6.45, 7) is 16.2. The molecule has 0 aromatic rings. The molecule has 8 heteroatoms. The molecule has 0 aromatic heterocycles. The SMILES string of the molecule is CC1(C)CC[C@]2(CO)C(O)C[C@]3(C)C(=CC[C@@H]4[C@@]5(C)CC[C@H](O[C@@H]6O[C@H](CO)[C@@H](O)[C@H](O)[C@H]6O)C(C)(C)[C@@H]5CC[C@]43C)[C@@H]2C1. The number of hydrogen-bond acceptors (Lipinski definition) is 8. The van der Waals surface area contributed by atoms with Crippen molar-refractivity contribution < 1.29 is 40.1 Å². The molecule has 1 saturated heterocycles. The molecule has 1 heterocycles. The maximum absolute atomic E-state index is 11.9. The largest absolute Gasteiger partial charge is 0.396 e. The highest BCUT2D eigenvalue weighted by Gasteiger charge is 2.70. The quantitative estimate of drug-likeness (QED) is 0.205. The molecule has 0 aromatic carbocycles. The van der Waals surface area contributed by atoms with Gasteiger partial charge in [0.2, 0.25) is 0 Å². The summed E-state index contributed by atoms with van der Waals surface area (Å²) in [6.07, 6.45) is 3.91. The van der Waals surface area contributed by atoms with Gasteiger partial charge in [0.15, 0.2) is 6.29 Å². The lowest BCUT2D eigenvalue weighted by molar-refractivity contribution is -0.330. The van der Waals surface area contributed by atoms with Gasteiger partial charge in [0, 0.05) is 5.41 Å². The topological polar surface area (TPSA) is 140 Å². The van der Waals surface area contributed by atoms with Gasteiger partial charge in [-0.2, -0.15) is 0 Å². The van der Waals surface area contributed by atoms with E-state index in [1.54, 1.807) is 0 Å². The Hall–Kier alpha value is -0.580. The van der Waals surface area contributed by atoms with Gasteiger partial charge in [0.25, 0.3) is 0 Å². The van der Waals surface area contributed by atoms with E-state index >= 15 is 0 Å². The summed E-state index contributed by atoms with van der Waals surface area (Å²) in [5.41, 5.74) is 0.911. The van der Waals surface area contributed by atoms with E-state index in [9.17, 15) is 30.6 Å². The molecule has 0 radical (unpaired) electrons. The van der Waals surface area contributed by atoms with E-state index in [4.69, 9.17) is 9.47 Å². The molecule has 1 aliphatic heterocycles. The number of rotatable bonds is 4. The van der Waals surface area contributed by atoms with Crippen molar-refractivity contribution in [1.82, 2.24) is 0 Å². The molecular weight excluding hydrogens is 560 g/mol. The van der Waals surface area contributed by atoms with Crippen molar-refractivity contribution in [2.24, 2.45) is 50.2 Å². The molecular formula is C36H60O8. The van der Waals surface area contributed by atoms with Crippen LogP contribution >= 0.6 is 0 Å². The van der Waals surface area contributed by atoms with E-state index in [2.05, 4.69) is 54.5 Å². The standard InChI is InChI=1S/C36H60O8/c1-31(2)14-15-36(19-38)21(16-31)20-8-9-24-33(5)12-11-26(44-30-29(42)28(41)27(40)22(18-37)43-30)32(3,4)23(33)10-13-34(24,6)35(20,7)17-25(36)39/h8,21-30,37-42H,9-19H2,1-7H3/t21-,22+,23-,24+,25?,26-,27+,28-,29+,30-,33-,34+,35+,36+/m0/s1. The summed E-state index contributed by atoms with van der Waals surface area (Å²) in [6, 6.07) is 0. The average molecular weight is 621 g/mol. The van der Waals surface area contributed by atoms with E-state index in [-0.39, 0.29) is 45.7 Å². The van der Waals surface area contributed by atoms with Crippen LogP contribution in [0.4, 0.5) is 0 Å². The van der Waals surface area contributed by atoms with Gasteiger partial charge in [-0.15, -0.1) is 0 Å². The minimum Gasteiger partial charge on any atom is -0.396 e. The maximum Gasteiger partial charge on any atom is 0.186 e. The molecule has 0 bridgehead atoms. The molecule has 5 fully saturated rings. The van der Waals surface area contributed by atoms with Crippen LogP contribution in [0.5, 0.6) is 0 Å². The van der Waals surface area contributed by atoms with E-state index in [0.717, 1.165) is 51.4 Å². The Bertz CT molecular complexity index is 1140. The van der Waals surface area contributed by atoms with Gasteiger partial charge >= 0.3 is 0 Å². The number of hydrogen-bond donors (Lipinski definition) is 6. The molecule has 252 valence electrons. The zero-order valence-corrected chi connectivity index (χ0v) is 28.1. The van der Waals surface area contributed by atoms with Crippen LogP contribution in [-0.4, -0.2) is 86.8 Å².